The highest BCUT2D eigenvalue weighted by Crippen LogP contribution is 2.40. The molecule has 0 aromatic heterocycles. The first-order chi connectivity index (χ1) is 7.99. The minimum absolute atomic E-state index is 0.402. The quantitative estimate of drug-likeness (QED) is 0.718. The average Bonchev–Trinajstić information content (AvgIpc) is 2.46. The molecular weight excluding hydrogens is 224 g/mol. The Morgan fingerprint density at radius 1 is 0.941 bits per heavy atom. The van der Waals surface area contributed by atoms with Gasteiger partial charge in [-0.25, -0.2) is 0 Å². The summed E-state index contributed by atoms with van der Waals surface area (Å²) in [6, 6.07) is 0. The zero-order chi connectivity index (χ0) is 12.6. The number of ether oxygens (including phenoxy) is 4. The maximum absolute atomic E-state index is 10.0. The van der Waals surface area contributed by atoms with E-state index in [-0.39, 0.29) is 0 Å². The van der Waals surface area contributed by atoms with Crippen molar-refractivity contribution < 1.29 is 24.1 Å². The Morgan fingerprint density at radius 3 is 1.71 bits per heavy atom. The Kier molecular flexibility index (Phi) is 3.14. The fourth-order valence-electron chi connectivity index (χ4n) is 2.07. The van der Waals surface area contributed by atoms with E-state index in [2.05, 4.69) is 0 Å². The van der Waals surface area contributed by atoms with Gasteiger partial charge in [-0.05, 0) is 31.2 Å². The Hall–Kier alpha value is -0.720. The summed E-state index contributed by atoms with van der Waals surface area (Å²) in [6.45, 7) is 2.46. The van der Waals surface area contributed by atoms with E-state index < -0.39 is 17.2 Å². The van der Waals surface area contributed by atoms with Crippen molar-refractivity contribution in [1.29, 1.82) is 0 Å². The molecule has 1 N–H and O–H groups in total. The van der Waals surface area contributed by atoms with Crippen molar-refractivity contribution in [2.45, 2.75) is 24.1 Å². The molecular formula is C12H18O5. The second-order valence-electron chi connectivity index (χ2n) is 4.33. The van der Waals surface area contributed by atoms with Crippen LogP contribution in [0.25, 0.3) is 0 Å². The molecule has 5 nitrogen and oxygen atoms in total. The Bertz CT molecular complexity index is 317. The van der Waals surface area contributed by atoms with Crippen molar-refractivity contribution in [2.75, 3.05) is 27.4 Å². The lowest BCUT2D eigenvalue weighted by molar-refractivity contribution is -0.389. The van der Waals surface area contributed by atoms with Gasteiger partial charge in [-0.15, -0.1) is 0 Å². The molecule has 0 spiro atoms. The fourth-order valence-corrected chi connectivity index (χ4v) is 2.07. The van der Waals surface area contributed by atoms with Crippen LogP contribution in [0.2, 0.25) is 0 Å². The van der Waals surface area contributed by atoms with E-state index in [0.29, 0.717) is 13.2 Å². The van der Waals surface area contributed by atoms with Gasteiger partial charge in [0.15, 0.2) is 0 Å². The third-order valence-corrected chi connectivity index (χ3v) is 3.09. The van der Waals surface area contributed by atoms with E-state index in [9.17, 15) is 5.11 Å². The molecule has 2 aliphatic rings. The summed E-state index contributed by atoms with van der Waals surface area (Å²) < 4.78 is 22.2. The van der Waals surface area contributed by atoms with E-state index >= 15 is 0 Å². The van der Waals surface area contributed by atoms with Gasteiger partial charge in [-0.2, -0.15) is 0 Å². The molecule has 1 fully saturated rings. The van der Waals surface area contributed by atoms with Crippen molar-refractivity contribution in [3.05, 3.63) is 24.3 Å². The lowest BCUT2D eigenvalue weighted by Gasteiger charge is -2.46. The summed E-state index contributed by atoms with van der Waals surface area (Å²) in [4.78, 5) is 0. The largest absolute Gasteiger partial charge is 0.382 e. The summed E-state index contributed by atoms with van der Waals surface area (Å²) in [5.41, 5.74) is -1.08. The van der Waals surface area contributed by atoms with Crippen LogP contribution in [0.5, 0.6) is 0 Å². The maximum atomic E-state index is 10.0. The van der Waals surface area contributed by atoms with Gasteiger partial charge in [0.1, 0.15) is 0 Å². The molecule has 1 aliphatic carbocycles. The Balaban J connectivity index is 2.51. The van der Waals surface area contributed by atoms with Crippen LogP contribution in [-0.2, 0) is 18.9 Å². The number of aliphatic hydroxyl groups is 1. The van der Waals surface area contributed by atoms with Crippen LogP contribution in [0.15, 0.2) is 24.3 Å². The highest BCUT2D eigenvalue weighted by molar-refractivity contribution is 5.26. The highest BCUT2D eigenvalue weighted by atomic mass is 16.8. The molecule has 5 heteroatoms. The maximum Gasteiger partial charge on any atom is 0.248 e. The third-order valence-electron chi connectivity index (χ3n) is 3.09. The summed E-state index contributed by atoms with van der Waals surface area (Å²) in [7, 11) is 3.03. The number of hydrogen-bond acceptors (Lipinski definition) is 5. The smallest absolute Gasteiger partial charge is 0.248 e. The van der Waals surface area contributed by atoms with Crippen molar-refractivity contribution in [1.82, 2.24) is 0 Å². The normalized spacial score (nSPS) is 39.8. The third kappa shape index (κ3) is 1.94. The van der Waals surface area contributed by atoms with E-state index in [0.717, 1.165) is 0 Å². The minimum atomic E-state index is -1.17. The molecule has 0 saturated carbocycles. The van der Waals surface area contributed by atoms with E-state index in [1.165, 1.54) is 14.2 Å². The van der Waals surface area contributed by atoms with Gasteiger partial charge in [-0.3, -0.25) is 0 Å². The van der Waals surface area contributed by atoms with E-state index in [1.807, 2.05) is 0 Å². The zero-order valence-electron chi connectivity index (χ0n) is 10.3. The standard InChI is InChI=1S/C12H18O5/c1-10(13)4-6-11(14-2)12(15-3,7-5-10)17-9-8-16-11/h4-7,13H,8-9H2,1-3H3/t11-,12-/m0/s1. The SMILES string of the molecule is CO[C@]12C=CC(C)(O)C=C[C@]1(OC)OCCO2. The molecule has 2 rings (SSSR count). The van der Waals surface area contributed by atoms with Gasteiger partial charge >= 0.3 is 0 Å². The van der Waals surface area contributed by atoms with Crippen LogP contribution in [0.3, 0.4) is 0 Å². The van der Waals surface area contributed by atoms with Crippen molar-refractivity contribution in [3.63, 3.8) is 0 Å². The van der Waals surface area contributed by atoms with Gasteiger partial charge in [0.25, 0.3) is 0 Å². The van der Waals surface area contributed by atoms with Crippen LogP contribution in [0.1, 0.15) is 6.92 Å². The number of rotatable bonds is 2. The molecule has 0 amide bonds. The summed E-state index contributed by atoms with van der Waals surface area (Å²) in [5, 5.41) is 10.0. The van der Waals surface area contributed by atoms with Gasteiger partial charge in [-0.1, -0.05) is 0 Å². The van der Waals surface area contributed by atoms with E-state index in [4.69, 9.17) is 18.9 Å². The lowest BCUT2D eigenvalue weighted by atomic mass is 10.0. The summed E-state index contributed by atoms with van der Waals surface area (Å²) in [6.07, 6.45) is 6.47. The molecule has 1 aliphatic heterocycles. The highest BCUT2D eigenvalue weighted by Gasteiger charge is 2.56. The molecule has 0 aromatic carbocycles. The van der Waals surface area contributed by atoms with Crippen molar-refractivity contribution >= 4 is 0 Å². The predicted molar refractivity (Wildman–Crippen MR) is 60.3 cm³/mol. The average molecular weight is 242 g/mol. The molecule has 2 atom stereocenters. The van der Waals surface area contributed by atoms with E-state index in [1.54, 1.807) is 31.2 Å². The van der Waals surface area contributed by atoms with Crippen LogP contribution in [-0.4, -0.2) is 49.7 Å². The first kappa shape index (κ1) is 12.7. The van der Waals surface area contributed by atoms with Crippen LogP contribution >= 0.6 is 0 Å². The number of fused-ring (bicyclic) bond motifs is 1. The van der Waals surface area contributed by atoms with Gasteiger partial charge < -0.3 is 24.1 Å². The first-order valence-electron chi connectivity index (χ1n) is 5.51. The van der Waals surface area contributed by atoms with Crippen molar-refractivity contribution in [3.8, 4) is 0 Å². The first-order valence-corrected chi connectivity index (χ1v) is 5.51. The molecule has 0 radical (unpaired) electrons. The minimum Gasteiger partial charge on any atom is -0.382 e. The predicted octanol–water partition coefficient (Wildman–Crippen LogP) is 0.596. The lowest BCUT2D eigenvalue weighted by Crippen LogP contribution is -2.61. The molecule has 0 aromatic rings. The zero-order valence-corrected chi connectivity index (χ0v) is 10.3. The molecule has 1 heterocycles. The van der Waals surface area contributed by atoms with Crippen LogP contribution < -0.4 is 0 Å². The van der Waals surface area contributed by atoms with Gasteiger partial charge in [0.2, 0.25) is 11.6 Å². The second-order valence-corrected chi connectivity index (χ2v) is 4.33. The Labute approximate surface area is 101 Å². The van der Waals surface area contributed by atoms with Gasteiger partial charge in [0.05, 0.1) is 18.8 Å². The van der Waals surface area contributed by atoms with Crippen LogP contribution in [0, 0.1) is 0 Å². The summed E-state index contributed by atoms with van der Waals surface area (Å²) in [5.74, 6) is -2.34. The molecule has 17 heavy (non-hydrogen) atoms. The monoisotopic (exact) mass is 242 g/mol. The van der Waals surface area contributed by atoms with Crippen molar-refractivity contribution in [2.24, 2.45) is 0 Å². The molecule has 0 bridgehead atoms. The summed E-state index contributed by atoms with van der Waals surface area (Å²) >= 11 is 0. The number of hydrogen-bond donors (Lipinski definition) is 1. The van der Waals surface area contributed by atoms with Crippen LogP contribution in [0.4, 0.5) is 0 Å². The molecule has 96 valence electrons. The fraction of sp³-hybridized carbons (Fsp3) is 0.667. The second kappa shape index (κ2) is 4.19. The molecule has 0 unspecified atom stereocenters. The number of methoxy groups -OCH3 is 2. The topological polar surface area (TPSA) is 57.2 Å². The van der Waals surface area contributed by atoms with Gasteiger partial charge in [0, 0.05) is 14.2 Å². The Morgan fingerprint density at radius 2 is 1.35 bits per heavy atom. The molecule has 1 saturated heterocycles.